The van der Waals surface area contributed by atoms with Crippen molar-refractivity contribution in [2.45, 2.75) is 19.0 Å². The minimum absolute atomic E-state index is 0.0529. The molecule has 0 radical (unpaired) electrons. The van der Waals surface area contributed by atoms with Crippen LogP contribution in [0.15, 0.2) is 82.7 Å². The number of nitrogens with zero attached hydrogens (tertiary/aromatic N) is 2. The highest BCUT2D eigenvalue weighted by atomic mass is 32.1. The van der Waals surface area contributed by atoms with Gasteiger partial charge >= 0.3 is 10.8 Å². The molecular weight excluding hydrogens is 478 g/mol. The van der Waals surface area contributed by atoms with Crippen LogP contribution in [-0.2, 0) is 27.3 Å². The second-order valence-corrected chi connectivity index (χ2v) is 9.01. The van der Waals surface area contributed by atoms with Gasteiger partial charge in [-0.15, -0.1) is 0 Å². The normalized spacial score (nSPS) is 12.4. The summed E-state index contributed by atoms with van der Waals surface area (Å²) in [4.78, 5) is 29.2. The highest BCUT2D eigenvalue weighted by Gasteiger charge is 2.15. The van der Waals surface area contributed by atoms with E-state index in [4.69, 9.17) is 15.3 Å². The molecule has 1 aromatic heterocycles. The molecule has 0 spiro atoms. The maximum atomic E-state index is 12.7. The third-order valence-electron chi connectivity index (χ3n) is 5.64. The van der Waals surface area contributed by atoms with Crippen molar-refractivity contribution in [3.63, 3.8) is 0 Å². The van der Waals surface area contributed by atoms with Crippen molar-refractivity contribution in [3.05, 3.63) is 99.2 Å². The molecule has 2 N–H and O–H groups in total. The number of hydrogen-bond acceptors (Lipinski definition) is 8. The molecule has 8 nitrogen and oxygen atoms in total. The predicted molar refractivity (Wildman–Crippen MR) is 141 cm³/mol. The van der Waals surface area contributed by atoms with Crippen LogP contribution in [0.3, 0.4) is 0 Å². The Hall–Kier alpha value is -3.95. The molecule has 0 saturated carbocycles. The second-order valence-electron chi connectivity index (χ2n) is 8.02. The summed E-state index contributed by atoms with van der Waals surface area (Å²) in [7, 11) is 2.83. The number of thiazole rings is 1. The van der Waals surface area contributed by atoms with E-state index in [0.717, 1.165) is 26.9 Å². The van der Waals surface area contributed by atoms with Crippen LogP contribution >= 0.6 is 11.3 Å². The van der Waals surface area contributed by atoms with Gasteiger partial charge in [-0.2, -0.15) is 0 Å². The number of rotatable bonds is 10. The lowest BCUT2D eigenvalue weighted by atomic mass is 10.0. The first kappa shape index (κ1) is 25.2. The van der Waals surface area contributed by atoms with Crippen molar-refractivity contribution >= 4 is 33.2 Å². The molecule has 0 bridgehead atoms. The van der Waals surface area contributed by atoms with Crippen molar-refractivity contribution in [2.24, 2.45) is 10.9 Å². The third kappa shape index (κ3) is 5.81. The Morgan fingerprint density at radius 3 is 2.47 bits per heavy atom. The quantitative estimate of drug-likeness (QED) is 0.201. The first-order valence-electron chi connectivity index (χ1n) is 11.4. The number of nitrogens with two attached hydrogens (primary N) is 1. The van der Waals surface area contributed by atoms with E-state index in [1.807, 2.05) is 72.8 Å². The summed E-state index contributed by atoms with van der Waals surface area (Å²) in [6, 6.07) is 22.2. The van der Waals surface area contributed by atoms with Crippen LogP contribution in [0.2, 0.25) is 0 Å². The average molecular weight is 506 g/mol. The first-order valence-corrected chi connectivity index (χ1v) is 12.2. The molecular formula is C27H27N3O5S. The van der Waals surface area contributed by atoms with E-state index >= 15 is 0 Å². The molecule has 0 saturated heterocycles. The maximum absolute atomic E-state index is 12.7. The van der Waals surface area contributed by atoms with Gasteiger partial charge in [-0.25, -0.2) is 0 Å². The van der Waals surface area contributed by atoms with Crippen LogP contribution in [0, 0.1) is 0 Å². The SMILES string of the molecule is CON=C(c1ccccc1)c1ccc2c(c1)sc(=O)n2CCOc1ccc(CC(N)C(=O)OC)cc1. The summed E-state index contributed by atoms with van der Waals surface area (Å²) in [6.07, 6.45) is 0.381. The molecule has 0 amide bonds. The number of oxime groups is 1. The van der Waals surface area contributed by atoms with E-state index in [0.29, 0.717) is 31.0 Å². The summed E-state index contributed by atoms with van der Waals surface area (Å²) in [5.41, 5.74) is 10.1. The molecule has 0 aliphatic carbocycles. The Morgan fingerprint density at radius 2 is 1.78 bits per heavy atom. The Labute approximate surface area is 212 Å². The molecule has 0 fully saturated rings. The van der Waals surface area contributed by atoms with Gasteiger partial charge in [0.15, 0.2) is 0 Å². The van der Waals surface area contributed by atoms with E-state index in [1.165, 1.54) is 25.6 Å². The van der Waals surface area contributed by atoms with Crippen molar-refractivity contribution in [1.29, 1.82) is 0 Å². The Kier molecular flexibility index (Phi) is 8.14. The average Bonchev–Trinajstić information content (AvgIpc) is 3.22. The number of aromatic nitrogens is 1. The smallest absolute Gasteiger partial charge is 0.322 e. The van der Waals surface area contributed by atoms with Crippen molar-refractivity contribution < 1.29 is 19.1 Å². The highest BCUT2D eigenvalue weighted by molar-refractivity contribution is 7.16. The van der Waals surface area contributed by atoms with Gasteiger partial charge in [-0.1, -0.05) is 65.0 Å². The maximum Gasteiger partial charge on any atom is 0.322 e. The topological polar surface area (TPSA) is 105 Å². The lowest BCUT2D eigenvalue weighted by molar-refractivity contribution is -0.142. The fourth-order valence-electron chi connectivity index (χ4n) is 3.85. The number of carbonyl (C=O) groups is 1. The number of benzene rings is 3. The lowest BCUT2D eigenvalue weighted by Gasteiger charge is -2.11. The lowest BCUT2D eigenvalue weighted by Crippen LogP contribution is -2.33. The van der Waals surface area contributed by atoms with Gasteiger partial charge in [-0.3, -0.25) is 14.2 Å². The number of methoxy groups -OCH3 is 1. The minimum Gasteiger partial charge on any atom is -0.492 e. The van der Waals surface area contributed by atoms with Gasteiger partial charge in [-0.05, 0) is 36.2 Å². The van der Waals surface area contributed by atoms with Crippen LogP contribution in [0.5, 0.6) is 5.75 Å². The van der Waals surface area contributed by atoms with E-state index in [9.17, 15) is 9.59 Å². The Morgan fingerprint density at radius 1 is 1.03 bits per heavy atom. The molecule has 1 atom stereocenters. The van der Waals surface area contributed by atoms with Gasteiger partial charge in [0.1, 0.15) is 31.2 Å². The van der Waals surface area contributed by atoms with Gasteiger partial charge in [0.25, 0.3) is 0 Å². The Bertz CT molecular complexity index is 1410. The summed E-state index contributed by atoms with van der Waals surface area (Å²) in [5.74, 6) is 0.224. The van der Waals surface area contributed by atoms with Crippen LogP contribution in [-0.4, -0.2) is 43.1 Å². The zero-order valence-corrected chi connectivity index (χ0v) is 20.9. The predicted octanol–water partition coefficient (Wildman–Crippen LogP) is 3.58. The number of hydrogen-bond donors (Lipinski definition) is 1. The fraction of sp³-hybridized carbons (Fsp3) is 0.222. The van der Waals surface area contributed by atoms with Crippen molar-refractivity contribution in [1.82, 2.24) is 4.57 Å². The molecule has 186 valence electrons. The summed E-state index contributed by atoms with van der Waals surface area (Å²) < 4.78 is 13.1. The largest absolute Gasteiger partial charge is 0.492 e. The van der Waals surface area contributed by atoms with Crippen molar-refractivity contribution in [3.8, 4) is 5.75 Å². The van der Waals surface area contributed by atoms with Crippen LogP contribution in [0.4, 0.5) is 0 Å². The zero-order valence-electron chi connectivity index (χ0n) is 20.0. The van der Waals surface area contributed by atoms with Crippen LogP contribution in [0.25, 0.3) is 10.2 Å². The number of fused-ring (bicyclic) bond motifs is 1. The first-order chi connectivity index (χ1) is 17.5. The van der Waals surface area contributed by atoms with E-state index in [2.05, 4.69) is 9.89 Å². The van der Waals surface area contributed by atoms with Gasteiger partial charge in [0.2, 0.25) is 0 Å². The molecule has 1 unspecified atom stereocenters. The number of ether oxygens (including phenoxy) is 2. The minimum atomic E-state index is -0.703. The molecule has 9 heteroatoms. The second kappa shape index (κ2) is 11.7. The monoisotopic (exact) mass is 505 g/mol. The van der Waals surface area contributed by atoms with Gasteiger partial charge in [0, 0.05) is 11.1 Å². The Balaban J connectivity index is 1.44. The molecule has 0 aliphatic rings. The van der Waals surface area contributed by atoms with Gasteiger partial charge < -0.3 is 20.0 Å². The van der Waals surface area contributed by atoms with Gasteiger partial charge in [0.05, 0.1) is 23.9 Å². The zero-order chi connectivity index (χ0) is 25.5. The molecule has 0 aliphatic heterocycles. The molecule has 36 heavy (non-hydrogen) atoms. The highest BCUT2D eigenvalue weighted by Crippen LogP contribution is 2.22. The molecule has 3 aromatic carbocycles. The summed E-state index contributed by atoms with van der Waals surface area (Å²) in [6.45, 7) is 0.736. The van der Waals surface area contributed by atoms with Crippen LogP contribution in [0.1, 0.15) is 16.7 Å². The van der Waals surface area contributed by atoms with Crippen molar-refractivity contribution in [2.75, 3.05) is 20.8 Å². The fourth-order valence-corrected chi connectivity index (χ4v) is 4.81. The molecule has 4 aromatic rings. The van der Waals surface area contributed by atoms with E-state index in [-0.39, 0.29) is 4.87 Å². The molecule has 1 heterocycles. The number of esters is 1. The number of carbonyl (C=O) groups excluding carboxylic acids is 1. The van der Waals surface area contributed by atoms with Crippen LogP contribution < -0.4 is 15.3 Å². The summed E-state index contributed by atoms with van der Waals surface area (Å²) >= 11 is 1.19. The summed E-state index contributed by atoms with van der Waals surface area (Å²) in [5, 5.41) is 4.21. The standard InChI is InChI=1S/C27H27N3O5S/c1-33-26(31)22(28)16-18-8-11-21(12-9-18)35-15-14-30-23-13-10-20(17-24(23)36-27(30)32)25(29-34-2)19-6-4-3-5-7-19/h3-13,17,22H,14-16,28H2,1-2H3. The third-order valence-corrected chi connectivity index (χ3v) is 6.58. The molecule has 4 rings (SSSR count). The van der Waals surface area contributed by atoms with E-state index < -0.39 is 12.0 Å². The van der Waals surface area contributed by atoms with E-state index in [1.54, 1.807) is 4.57 Å².